The Hall–Kier alpha value is -3.01. The Morgan fingerprint density at radius 2 is 1.78 bits per heavy atom. The van der Waals surface area contributed by atoms with Crippen LogP contribution in [0.5, 0.6) is 0 Å². The zero-order chi connectivity index (χ0) is 19.6. The van der Waals surface area contributed by atoms with Crippen molar-refractivity contribution in [2.24, 2.45) is 0 Å². The molecule has 0 N–H and O–H groups in total. The highest BCUT2D eigenvalue weighted by molar-refractivity contribution is 5.86. The highest BCUT2D eigenvalue weighted by Crippen LogP contribution is 2.27. The first kappa shape index (κ1) is 18.8. The topological polar surface area (TPSA) is 36.7 Å². The summed E-state index contributed by atoms with van der Waals surface area (Å²) in [5, 5.41) is 0.889. The molecule has 0 saturated heterocycles. The molecular formula is C23H26N2O2. The maximum atomic E-state index is 12.6. The SMILES string of the molecule is C=C(c1cc2ccc(N(CC)CC)cc2oc1=O)N(C)c1ccccc1C. The number of anilines is 2. The molecular weight excluding hydrogens is 336 g/mol. The van der Waals surface area contributed by atoms with Gasteiger partial charge in [0.05, 0.1) is 5.56 Å². The van der Waals surface area contributed by atoms with Crippen molar-refractivity contribution < 1.29 is 4.42 Å². The standard InChI is InChI=1S/C23H26N2O2/c1-6-25(7-2)19-13-12-18-14-20(23(26)27-22(18)15-19)17(4)24(5)21-11-9-8-10-16(21)3/h8-15H,4,6-7H2,1-3,5H3. The zero-order valence-corrected chi connectivity index (χ0v) is 16.5. The monoisotopic (exact) mass is 362 g/mol. The van der Waals surface area contributed by atoms with E-state index in [4.69, 9.17) is 4.42 Å². The molecule has 2 aromatic carbocycles. The van der Waals surface area contributed by atoms with Crippen molar-refractivity contribution in [1.29, 1.82) is 0 Å². The van der Waals surface area contributed by atoms with Crippen LogP contribution >= 0.6 is 0 Å². The average molecular weight is 362 g/mol. The van der Waals surface area contributed by atoms with Gasteiger partial charge in [-0.2, -0.15) is 0 Å². The highest BCUT2D eigenvalue weighted by Gasteiger charge is 2.15. The summed E-state index contributed by atoms with van der Waals surface area (Å²) in [4.78, 5) is 16.8. The second-order valence-electron chi connectivity index (χ2n) is 6.63. The molecule has 0 aliphatic rings. The van der Waals surface area contributed by atoms with Gasteiger partial charge in [0, 0.05) is 48.7 Å². The van der Waals surface area contributed by atoms with Gasteiger partial charge in [-0.25, -0.2) is 4.79 Å². The summed E-state index contributed by atoms with van der Waals surface area (Å²) in [5.41, 5.74) is 4.51. The van der Waals surface area contributed by atoms with E-state index in [1.54, 1.807) is 0 Å². The average Bonchev–Trinajstić information content (AvgIpc) is 2.67. The van der Waals surface area contributed by atoms with E-state index in [2.05, 4.69) is 31.4 Å². The van der Waals surface area contributed by atoms with Crippen molar-refractivity contribution >= 4 is 28.0 Å². The second-order valence-corrected chi connectivity index (χ2v) is 6.63. The largest absolute Gasteiger partial charge is 0.422 e. The molecule has 1 aromatic heterocycles. The summed E-state index contributed by atoms with van der Waals surface area (Å²) in [5.74, 6) is 0. The minimum absolute atomic E-state index is 0.371. The molecule has 4 nitrogen and oxygen atoms in total. The molecule has 3 rings (SSSR count). The normalized spacial score (nSPS) is 10.8. The van der Waals surface area contributed by atoms with Crippen LogP contribution in [0.2, 0.25) is 0 Å². The molecule has 27 heavy (non-hydrogen) atoms. The number of hydrogen-bond acceptors (Lipinski definition) is 4. The van der Waals surface area contributed by atoms with Gasteiger partial charge in [-0.15, -0.1) is 0 Å². The lowest BCUT2D eigenvalue weighted by Crippen LogP contribution is -2.22. The summed E-state index contributed by atoms with van der Waals surface area (Å²) in [6, 6.07) is 15.9. The first-order chi connectivity index (χ1) is 13.0. The van der Waals surface area contributed by atoms with Gasteiger partial charge in [0.2, 0.25) is 0 Å². The van der Waals surface area contributed by atoms with Gasteiger partial charge in [0.15, 0.2) is 0 Å². The third kappa shape index (κ3) is 3.61. The van der Waals surface area contributed by atoms with E-state index in [1.807, 2.05) is 61.3 Å². The lowest BCUT2D eigenvalue weighted by atomic mass is 10.1. The van der Waals surface area contributed by atoms with Crippen LogP contribution in [0.3, 0.4) is 0 Å². The Kier molecular flexibility index (Phi) is 5.36. The minimum Gasteiger partial charge on any atom is -0.422 e. The second kappa shape index (κ2) is 7.70. The molecule has 0 fully saturated rings. The Balaban J connectivity index is 2.01. The van der Waals surface area contributed by atoms with Gasteiger partial charge in [-0.1, -0.05) is 24.8 Å². The molecule has 0 saturated carbocycles. The fourth-order valence-corrected chi connectivity index (χ4v) is 3.35. The van der Waals surface area contributed by atoms with Crippen LogP contribution in [0.25, 0.3) is 16.7 Å². The molecule has 0 aliphatic heterocycles. The number of nitrogens with zero attached hydrogens (tertiary/aromatic N) is 2. The summed E-state index contributed by atoms with van der Waals surface area (Å²) in [6.07, 6.45) is 0. The van der Waals surface area contributed by atoms with E-state index in [9.17, 15) is 4.79 Å². The van der Waals surface area contributed by atoms with E-state index < -0.39 is 0 Å². The van der Waals surface area contributed by atoms with Gasteiger partial charge >= 0.3 is 5.63 Å². The van der Waals surface area contributed by atoms with Crippen molar-refractivity contribution in [3.63, 3.8) is 0 Å². The number of fused-ring (bicyclic) bond motifs is 1. The van der Waals surface area contributed by atoms with Crippen LogP contribution in [-0.2, 0) is 0 Å². The third-order valence-corrected chi connectivity index (χ3v) is 5.04. The fourth-order valence-electron chi connectivity index (χ4n) is 3.35. The summed E-state index contributed by atoms with van der Waals surface area (Å²) in [7, 11) is 1.91. The van der Waals surface area contributed by atoms with Gasteiger partial charge in [-0.05, 0) is 50.6 Å². The first-order valence-electron chi connectivity index (χ1n) is 9.27. The lowest BCUT2D eigenvalue weighted by molar-refractivity contribution is 0.558. The molecule has 0 spiro atoms. The fraction of sp³-hybridized carbons (Fsp3) is 0.261. The molecule has 140 valence electrons. The molecule has 3 aromatic rings. The van der Waals surface area contributed by atoms with Crippen molar-refractivity contribution in [3.05, 3.63) is 76.7 Å². The van der Waals surface area contributed by atoms with E-state index in [0.29, 0.717) is 16.8 Å². The molecule has 0 bridgehead atoms. The maximum absolute atomic E-state index is 12.6. The van der Waals surface area contributed by atoms with Gasteiger partial charge in [-0.3, -0.25) is 0 Å². The van der Waals surface area contributed by atoms with Gasteiger partial charge in [0.25, 0.3) is 0 Å². The van der Waals surface area contributed by atoms with Crippen LogP contribution in [0.15, 0.2) is 64.3 Å². The minimum atomic E-state index is -0.371. The van der Waals surface area contributed by atoms with Crippen molar-refractivity contribution in [2.45, 2.75) is 20.8 Å². The van der Waals surface area contributed by atoms with Crippen LogP contribution in [-0.4, -0.2) is 20.1 Å². The Labute approximate surface area is 160 Å². The highest BCUT2D eigenvalue weighted by atomic mass is 16.4. The molecule has 0 aliphatic carbocycles. The zero-order valence-electron chi connectivity index (χ0n) is 16.5. The lowest BCUT2D eigenvalue weighted by Gasteiger charge is -2.23. The molecule has 0 unspecified atom stereocenters. The van der Waals surface area contributed by atoms with Crippen molar-refractivity contribution in [3.8, 4) is 0 Å². The molecule has 1 heterocycles. The van der Waals surface area contributed by atoms with Gasteiger partial charge in [0.1, 0.15) is 5.58 Å². The van der Waals surface area contributed by atoms with Gasteiger partial charge < -0.3 is 14.2 Å². The molecule has 0 amide bonds. The van der Waals surface area contributed by atoms with E-state index in [0.717, 1.165) is 35.4 Å². The Bertz CT molecular complexity index is 1030. The number of aryl methyl sites for hydroxylation is 1. The Morgan fingerprint density at radius 3 is 2.44 bits per heavy atom. The van der Waals surface area contributed by atoms with Crippen molar-refractivity contribution in [2.75, 3.05) is 29.9 Å². The van der Waals surface area contributed by atoms with Crippen LogP contribution < -0.4 is 15.4 Å². The molecule has 0 atom stereocenters. The smallest absolute Gasteiger partial charge is 0.345 e. The summed E-state index contributed by atoms with van der Waals surface area (Å²) in [6.45, 7) is 12.2. The first-order valence-corrected chi connectivity index (χ1v) is 9.27. The van der Waals surface area contributed by atoms with Crippen LogP contribution in [0.4, 0.5) is 11.4 Å². The predicted octanol–water partition coefficient (Wildman–Crippen LogP) is 5.05. The maximum Gasteiger partial charge on any atom is 0.345 e. The third-order valence-electron chi connectivity index (χ3n) is 5.04. The molecule has 4 heteroatoms. The number of para-hydroxylation sites is 1. The number of rotatable bonds is 6. The number of hydrogen-bond donors (Lipinski definition) is 0. The Morgan fingerprint density at radius 1 is 1.07 bits per heavy atom. The summed E-state index contributed by atoms with van der Waals surface area (Å²) < 4.78 is 5.64. The number of benzene rings is 2. The van der Waals surface area contributed by atoms with E-state index >= 15 is 0 Å². The van der Waals surface area contributed by atoms with Crippen molar-refractivity contribution in [1.82, 2.24) is 0 Å². The predicted molar refractivity (Wildman–Crippen MR) is 115 cm³/mol. The quantitative estimate of drug-likeness (QED) is 0.575. The molecule has 0 radical (unpaired) electrons. The van der Waals surface area contributed by atoms with Crippen LogP contribution in [0, 0.1) is 6.92 Å². The summed E-state index contributed by atoms with van der Waals surface area (Å²) >= 11 is 0. The van der Waals surface area contributed by atoms with E-state index in [1.165, 1.54) is 0 Å². The van der Waals surface area contributed by atoms with Crippen LogP contribution in [0.1, 0.15) is 25.0 Å². The van der Waals surface area contributed by atoms with E-state index in [-0.39, 0.29) is 5.63 Å².